The first-order valence-corrected chi connectivity index (χ1v) is 14.3. The van der Waals surface area contributed by atoms with Crippen molar-refractivity contribution >= 4 is 28.6 Å². The van der Waals surface area contributed by atoms with Crippen LogP contribution >= 0.6 is 11.8 Å². The number of carbonyl (C=O) groups excluding carboxylic acids is 1. The van der Waals surface area contributed by atoms with E-state index in [0.29, 0.717) is 19.4 Å². The number of carbonyl (C=O) groups is 1. The molecular weight excluding hydrogens is 486 g/mol. The van der Waals surface area contributed by atoms with Crippen molar-refractivity contribution in [2.45, 2.75) is 43.3 Å². The fourth-order valence-electron chi connectivity index (χ4n) is 4.76. The molecule has 0 N–H and O–H groups in total. The summed E-state index contributed by atoms with van der Waals surface area (Å²) in [5.41, 5.74) is 7.51. The van der Waals surface area contributed by atoms with Gasteiger partial charge >= 0.3 is 5.97 Å². The quantitative estimate of drug-likeness (QED) is 0.130. The Labute approximate surface area is 229 Å². The van der Waals surface area contributed by atoms with Crippen molar-refractivity contribution in [1.82, 2.24) is 4.57 Å². The maximum atomic E-state index is 11.9. The summed E-state index contributed by atoms with van der Waals surface area (Å²) in [6.45, 7) is 2.27. The summed E-state index contributed by atoms with van der Waals surface area (Å²) < 4.78 is 7.43. The summed E-state index contributed by atoms with van der Waals surface area (Å²) in [4.78, 5) is 13.2. The molecule has 0 radical (unpaired) electrons. The number of fused-ring (bicyclic) bond motifs is 1. The van der Waals surface area contributed by atoms with E-state index in [9.17, 15) is 4.79 Å². The molecule has 0 atom stereocenters. The van der Waals surface area contributed by atoms with Gasteiger partial charge in [-0.15, -0.1) is 11.8 Å². The molecule has 0 unspecified atom stereocenters. The molecule has 4 heteroatoms. The van der Waals surface area contributed by atoms with E-state index in [1.54, 1.807) is 0 Å². The first-order chi connectivity index (χ1) is 18.7. The van der Waals surface area contributed by atoms with Gasteiger partial charge < -0.3 is 9.30 Å². The molecule has 0 fully saturated rings. The van der Waals surface area contributed by atoms with Crippen LogP contribution in [0.4, 0.5) is 0 Å². The van der Waals surface area contributed by atoms with Gasteiger partial charge in [0.2, 0.25) is 0 Å². The highest BCUT2D eigenvalue weighted by molar-refractivity contribution is 7.98. The highest BCUT2D eigenvalue weighted by Crippen LogP contribution is 2.30. The maximum absolute atomic E-state index is 11.9. The van der Waals surface area contributed by atoms with E-state index in [0.717, 1.165) is 29.8 Å². The number of aryl methyl sites for hydroxylation is 3. The Kier molecular flexibility index (Phi) is 8.62. The van der Waals surface area contributed by atoms with Gasteiger partial charge in [-0.2, -0.15) is 0 Å². The molecule has 0 amide bonds. The van der Waals surface area contributed by atoms with Crippen LogP contribution in [0.2, 0.25) is 0 Å². The minimum absolute atomic E-state index is 0.139. The fraction of sp³-hybridized carbons (Fsp3) is 0.206. The molecule has 1 aromatic heterocycles. The van der Waals surface area contributed by atoms with Gasteiger partial charge in [-0.1, -0.05) is 66.7 Å². The second-order valence-corrected chi connectivity index (χ2v) is 10.5. The number of esters is 1. The van der Waals surface area contributed by atoms with E-state index in [4.69, 9.17) is 4.74 Å². The van der Waals surface area contributed by atoms with Crippen molar-refractivity contribution in [1.29, 1.82) is 0 Å². The average molecular weight is 520 g/mol. The summed E-state index contributed by atoms with van der Waals surface area (Å²) in [5, 5.41) is 1.25. The molecule has 0 spiro atoms. The number of hydrogen-bond donors (Lipinski definition) is 0. The number of rotatable bonds is 11. The zero-order valence-corrected chi connectivity index (χ0v) is 22.6. The largest absolute Gasteiger partial charge is 0.466 e. The van der Waals surface area contributed by atoms with E-state index in [1.165, 1.54) is 32.5 Å². The standard InChI is InChI=1S/C34H33NO2S/c1-2-37-34(36)22-15-27-14-21-33-32(23-27)29(16-13-26-9-5-3-6-10-26)24-35(33)30-17-19-31(20-18-30)38-25-28-11-7-4-8-12-28/h3-12,14,17-21,23-24H,2,13,15-16,22,25H2,1H3. The third-order valence-electron chi connectivity index (χ3n) is 6.76. The van der Waals surface area contributed by atoms with Crippen LogP contribution in [-0.4, -0.2) is 17.1 Å². The van der Waals surface area contributed by atoms with Crippen LogP contribution in [0.15, 0.2) is 114 Å². The first-order valence-electron chi connectivity index (χ1n) is 13.3. The zero-order valence-electron chi connectivity index (χ0n) is 21.8. The molecule has 0 bridgehead atoms. The molecule has 0 aliphatic rings. The number of nitrogens with zero attached hydrogens (tertiary/aromatic N) is 1. The third-order valence-corrected chi connectivity index (χ3v) is 7.85. The Hall–Kier alpha value is -3.76. The van der Waals surface area contributed by atoms with Crippen LogP contribution in [-0.2, 0) is 34.5 Å². The number of aromatic nitrogens is 1. The van der Waals surface area contributed by atoms with Crippen LogP contribution in [0.3, 0.4) is 0 Å². The Balaban J connectivity index is 1.39. The van der Waals surface area contributed by atoms with E-state index >= 15 is 0 Å². The van der Waals surface area contributed by atoms with E-state index < -0.39 is 0 Å². The van der Waals surface area contributed by atoms with Crippen LogP contribution in [0, 0.1) is 0 Å². The van der Waals surface area contributed by atoms with Crippen molar-refractivity contribution < 1.29 is 9.53 Å². The fourth-order valence-corrected chi connectivity index (χ4v) is 5.62. The number of benzene rings is 4. The van der Waals surface area contributed by atoms with E-state index in [-0.39, 0.29) is 5.97 Å². The minimum Gasteiger partial charge on any atom is -0.466 e. The first kappa shape index (κ1) is 25.9. The Morgan fingerprint density at radius 3 is 2.18 bits per heavy atom. The SMILES string of the molecule is CCOC(=O)CCc1ccc2c(c1)c(CCc1ccccc1)cn2-c1ccc(SCc2ccccc2)cc1. The summed E-state index contributed by atoms with van der Waals surface area (Å²) >= 11 is 1.86. The van der Waals surface area contributed by atoms with E-state index in [1.807, 2.05) is 18.7 Å². The third kappa shape index (κ3) is 6.56. The highest BCUT2D eigenvalue weighted by atomic mass is 32.2. The molecule has 0 saturated heterocycles. The summed E-state index contributed by atoms with van der Waals surface area (Å²) in [5.74, 6) is 0.824. The number of hydrogen-bond acceptors (Lipinski definition) is 3. The van der Waals surface area contributed by atoms with Gasteiger partial charge in [0.25, 0.3) is 0 Å². The molecule has 3 nitrogen and oxygen atoms in total. The Morgan fingerprint density at radius 2 is 1.47 bits per heavy atom. The molecule has 38 heavy (non-hydrogen) atoms. The lowest BCUT2D eigenvalue weighted by Crippen LogP contribution is -2.05. The lowest BCUT2D eigenvalue weighted by molar-refractivity contribution is -0.143. The lowest BCUT2D eigenvalue weighted by Gasteiger charge is -2.08. The maximum Gasteiger partial charge on any atom is 0.306 e. The van der Waals surface area contributed by atoms with Crippen molar-refractivity contribution in [3.05, 3.63) is 132 Å². The van der Waals surface area contributed by atoms with Gasteiger partial charge in [-0.3, -0.25) is 4.79 Å². The predicted molar refractivity (Wildman–Crippen MR) is 158 cm³/mol. The van der Waals surface area contributed by atoms with Crippen LogP contribution in [0.5, 0.6) is 0 Å². The average Bonchev–Trinajstić information content (AvgIpc) is 3.33. The minimum atomic E-state index is -0.139. The molecule has 5 aromatic rings. The normalized spacial score (nSPS) is 11.1. The second kappa shape index (κ2) is 12.7. The summed E-state index contributed by atoms with van der Waals surface area (Å²) in [6.07, 6.45) is 5.32. The predicted octanol–water partition coefficient (Wildman–Crippen LogP) is 8.20. The van der Waals surface area contributed by atoms with Crippen molar-refractivity contribution in [2.24, 2.45) is 0 Å². The Bertz CT molecular complexity index is 1470. The molecule has 192 valence electrons. The topological polar surface area (TPSA) is 31.2 Å². The molecule has 4 aromatic carbocycles. The van der Waals surface area contributed by atoms with Crippen molar-refractivity contribution in [3.63, 3.8) is 0 Å². The van der Waals surface area contributed by atoms with Crippen LogP contribution in [0.1, 0.15) is 35.6 Å². The van der Waals surface area contributed by atoms with Crippen molar-refractivity contribution in [3.8, 4) is 5.69 Å². The van der Waals surface area contributed by atoms with Crippen molar-refractivity contribution in [2.75, 3.05) is 6.61 Å². The number of ether oxygens (including phenoxy) is 1. The zero-order chi connectivity index (χ0) is 26.2. The molecule has 0 saturated carbocycles. The van der Waals surface area contributed by atoms with Gasteiger partial charge in [0.1, 0.15) is 0 Å². The molecule has 0 aliphatic heterocycles. The molecule has 5 rings (SSSR count). The smallest absolute Gasteiger partial charge is 0.306 e. The summed E-state index contributed by atoms with van der Waals surface area (Å²) in [7, 11) is 0. The molecular formula is C34H33NO2S. The monoisotopic (exact) mass is 519 g/mol. The van der Waals surface area contributed by atoms with Crippen LogP contribution in [0.25, 0.3) is 16.6 Å². The second-order valence-electron chi connectivity index (χ2n) is 9.43. The lowest BCUT2D eigenvalue weighted by atomic mass is 10.0. The molecule has 1 heterocycles. The van der Waals surface area contributed by atoms with Gasteiger partial charge in [0.15, 0.2) is 0 Å². The van der Waals surface area contributed by atoms with Crippen LogP contribution < -0.4 is 0 Å². The highest BCUT2D eigenvalue weighted by Gasteiger charge is 2.12. The number of thioether (sulfide) groups is 1. The van der Waals surface area contributed by atoms with Gasteiger partial charge in [-0.05, 0) is 84.8 Å². The van der Waals surface area contributed by atoms with Gasteiger partial charge in [0, 0.05) is 34.3 Å². The summed E-state index contributed by atoms with van der Waals surface area (Å²) in [6, 6.07) is 36.7. The van der Waals surface area contributed by atoms with Gasteiger partial charge in [0.05, 0.1) is 12.1 Å². The Morgan fingerprint density at radius 1 is 0.763 bits per heavy atom. The van der Waals surface area contributed by atoms with E-state index in [2.05, 4.69) is 114 Å². The molecule has 0 aliphatic carbocycles. The van der Waals surface area contributed by atoms with Gasteiger partial charge in [-0.25, -0.2) is 0 Å².